The minimum Gasteiger partial charge on any atom is -0.481 e. The standard InChI is InChI=1S/C12H17N3O3S/c1-6(2)9-10(19-15-14-9)11(16)13-8-5-3-4-7(8)12(17)18/h6-8H,3-5H2,1-2H3,(H,13,16)(H,17,18). The van der Waals surface area contributed by atoms with Crippen molar-refractivity contribution in [1.82, 2.24) is 14.9 Å². The number of hydrogen-bond donors (Lipinski definition) is 2. The lowest BCUT2D eigenvalue weighted by Gasteiger charge is -2.17. The van der Waals surface area contributed by atoms with E-state index in [-0.39, 0.29) is 17.9 Å². The van der Waals surface area contributed by atoms with E-state index in [1.54, 1.807) is 0 Å². The minimum atomic E-state index is -0.839. The van der Waals surface area contributed by atoms with E-state index < -0.39 is 11.9 Å². The van der Waals surface area contributed by atoms with Gasteiger partial charge in [0, 0.05) is 6.04 Å². The number of carbonyl (C=O) groups excluding carboxylic acids is 1. The van der Waals surface area contributed by atoms with Gasteiger partial charge in [-0.05, 0) is 30.3 Å². The van der Waals surface area contributed by atoms with Gasteiger partial charge in [0.05, 0.1) is 11.6 Å². The van der Waals surface area contributed by atoms with E-state index in [9.17, 15) is 9.59 Å². The van der Waals surface area contributed by atoms with Crippen molar-refractivity contribution in [3.8, 4) is 0 Å². The lowest BCUT2D eigenvalue weighted by atomic mass is 10.0. The molecule has 0 saturated heterocycles. The summed E-state index contributed by atoms with van der Waals surface area (Å²) in [5, 5.41) is 15.9. The van der Waals surface area contributed by atoms with E-state index in [1.165, 1.54) is 0 Å². The van der Waals surface area contributed by atoms with Gasteiger partial charge in [-0.25, -0.2) is 0 Å². The smallest absolute Gasteiger partial charge is 0.308 e. The Hall–Kier alpha value is -1.50. The Balaban J connectivity index is 2.09. The Bertz CT molecular complexity index is 486. The molecule has 1 heterocycles. The summed E-state index contributed by atoms with van der Waals surface area (Å²) < 4.78 is 3.81. The van der Waals surface area contributed by atoms with Crippen LogP contribution in [0.25, 0.3) is 0 Å². The fourth-order valence-corrected chi connectivity index (χ4v) is 3.12. The molecule has 7 heteroatoms. The number of hydrogen-bond acceptors (Lipinski definition) is 5. The first-order chi connectivity index (χ1) is 9.00. The van der Waals surface area contributed by atoms with Crippen molar-refractivity contribution >= 4 is 23.4 Å². The predicted octanol–water partition coefficient (Wildman–Crippen LogP) is 1.64. The summed E-state index contributed by atoms with van der Waals surface area (Å²) in [5.41, 5.74) is 0.673. The zero-order chi connectivity index (χ0) is 14.0. The molecule has 104 valence electrons. The van der Waals surface area contributed by atoms with Crippen LogP contribution in [0.2, 0.25) is 0 Å². The number of amides is 1. The molecule has 1 saturated carbocycles. The largest absolute Gasteiger partial charge is 0.481 e. The van der Waals surface area contributed by atoms with Crippen molar-refractivity contribution < 1.29 is 14.7 Å². The van der Waals surface area contributed by atoms with Crippen molar-refractivity contribution in [3.05, 3.63) is 10.6 Å². The maximum Gasteiger partial charge on any atom is 0.308 e. The van der Waals surface area contributed by atoms with Crippen LogP contribution in [-0.2, 0) is 4.79 Å². The van der Waals surface area contributed by atoms with E-state index in [0.29, 0.717) is 23.4 Å². The summed E-state index contributed by atoms with van der Waals surface area (Å²) in [6, 6.07) is -0.285. The highest BCUT2D eigenvalue weighted by atomic mass is 32.1. The zero-order valence-electron chi connectivity index (χ0n) is 10.9. The molecule has 19 heavy (non-hydrogen) atoms. The van der Waals surface area contributed by atoms with Gasteiger partial charge < -0.3 is 10.4 Å². The average molecular weight is 283 g/mol. The summed E-state index contributed by atoms with van der Waals surface area (Å²) >= 11 is 1.06. The first-order valence-electron chi connectivity index (χ1n) is 6.36. The van der Waals surface area contributed by atoms with Crippen LogP contribution in [0.3, 0.4) is 0 Å². The highest BCUT2D eigenvalue weighted by Crippen LogP contribution is 2.27. The number of carbonyl (C=O) groups is 2. The second-order valence-corrected chi connectivity index (χ2v) is 5.85. The molecule has 1 amide bonds. The molecular weight excluding hydrogens is 266 g/mol. The second-order valence-electron chi connectivity index (χ2n) is 5.10. The van der Waals surface area contributed by atoms with Crippen LogP contribution >= 0.6 is 11.5 Å². The summed E-state index contributed by atoms with van der Waals surface area (Å²) in [7, 11) is 0. The zero-order valence-corrected chi connectivity index (χ0v) is 11.7. The van der Waals surface area contributed by atoms with Crippen LogP contribution in [0.4, 0.5) is 0 Å². The van der Waals surface area contributed by atoms with E-state index >= 15 is 0 Å². The molecule has 1 aliphatic carbocycles. The molecule has 1 fully saturated rings. The van der Waals surface area contributed by atoms with Crippen LogP contribution in [0.1, 0.15) is 54.4 Å². The summed E-state index contributed by atoms with van der Waals surface area (Å²) in [4.78, 5) is 23.8. The molecule has 2 unspecified atom stereocenters. The molecule has 0 aromatic carbocycles. The van der Waals surface area contributed by atoms with Crippen LogP contribution in [-0.4, -0.2) is 32.6 Å². The van der Waals surface area contributed by atoms with Gasteiger partial charge in [0.15, 0.2) is 0 Å². The highest BCUT2D eigenvalue weighted by molar-refractivity contribution is 7.08. The van der Waals surface area contributed by atoms with Gasteiger partial charge in [0.2, 0.25) is 0 Å². The first-order valence-corrected chi connectivity index (χ1v) is 7.14. The van der Waals surface area contributed by atoms with Gasteiger partial charge in [-0.15, -0.1) is 5.10 Å². The Labute approximate surface area is 115 Å². The maximum absolute atomic E-state index is 12.2. The number of aromatic nitrogens is 2. The molecule has 0 bridgehead atoms. The summed E-state index contributed by atoms with van der Waals surface area (Å²) in [6.45, 7) is 3.90. The summed E-state index contributed by atoms with van der Waals surface area (Å²) in [5.74, 6) is -1.45. The van der Waals surface area contributed by atoms with Gasteiger partial charge in [0.25, 0.3) is 5.91 Å². The molecule has 0 spiro atoms. The van der Waals surface area contributed by atoms with Crippen molar-refractivity contribution in [1.29, 1.82) is 0 Å². The normalized spacial score (nSPS) is 22.7. The van der Waals surface area contributed by atoms with Gasteiger partial charge in [0.1, 0.15) is 4.88 Å². The van der Waals surface area contributed by atoms with Crippen LogP contribution in [0.5, 0.6) is 0 Å². The van der Waals surface area contributed by atoms with Crippen molar-refractivity contribution in [2.24, 2.45) is 5.92 Å². The Morgan fingerprint density at radius 2 is 2.16 bits per heavy atom. The van der Waals surface area contributed by atoms with E-state index in [4.69, 9.17) is 5.11 Å². The molecule has 1 aliphatic rings. The van der Waals surface area contributed by atoms with Crippen LogP contribution in [0, 0.1) is 5.92 Å². The molecule has 0 aliphatic heterocycles. The van der Waals surface area contributed by atoms with E-state index in [2.05, 4.69) is 14.9 Å². The molecule has 1 aromatic rings. The number of nitrogens with zero attached hydrogens (tertiary/aromatic N) is 2. The Kier molecular flexibility index (Phi) is 4.14. The van der Waals surface area contributed by atoms with Crippen molar-refractivity contribution in [2.45, 2.75) is 45.1 Å². The highest BCUT2D eigenvalue weighted by Gasteiger charge is 2.34. The molecule has 6 nitrogen and oxygen atoms in total. The Morgan fingerprint density at radius 3 is 2.79 bits per heavy atom. The number of rotatable bonds is 4. The van der Waals surface area contributed by atoms with Crippen molar-refractivity contribution in [3.63, 3.8) is 0 Å². The lowest BCUT2D eigenvalue weighted by Crippen LogP contribution is -2.40. The topological polar surface area (TPSA) is 92.2 Å². The van der Waals surface area contributed by atoms with Gasteiger partial charge in [-0.3, -0.25) is 9.59 Å². The van der Waals surface area contributed by atoms with Crippen molar-refractivity contribution in [2.75, 3.05) is 0 Å². The second kappa shape index (κ2) is 5.64. The molecule has 2 atom stereocenters. The number of nitrogens with one attached hydrogen (secondary N) is 1. The third kappa shape index (κ3) is 2.91. The fraction of sp³-hybridized carbons (Fsp3) is 0.667. The number of carboxylic acid groups (broad SMARTS) is 1. The molecule has 1 aromatic heterocycles. The van der Waals surface area contributed by atoms with E-state index in [1.807, 2.05) is 13.8 Å². The third-order valence-electron chi connectivity index (χ3n) is 3.42. The van der Waals surface area contributed by atoms with Gasteiger partial charge >= 0.3 is 5.97 Å². The first kappa shape index (κ1) is 13.9. The third-order valence-corrected chi connectivity index (χ3v) is 4.16. The van der Waals surface area contributed by atoms with Crippen LogP contribution < -0.4 is 5.32 Å². The summed E-state index contributed by atoms with van der Waals surface area (Å²) in [6.07, 6.45) is 2.17. The minimum absolute atomic E-state index is 0.123. The van der Waals surface area contributed by atoms with Gasteiger partial charge in [-0.1, -0.05) is 24.8 Å². The lowest BCUT2D eigenvalue weighted by molar-refractivity contribution is -0.142. The molecular formula is C12H17N3O3S. The SMILES string of the molecule is CC(C)c1nnsc1C(=O)NC1CCCC1C(=O)O. The van der Waals surface area contributed by atoms with Gasteiger partial charge in [-0.2, -0.15) is 0 Å². The Morgan fingerprint density at radius 1 is 1.42 bits per heavy atom. The molecule has 0 radical (unpaired) electrons. The fourth-order valence-electron chi connectivity index (χ4n) is 2.40. The maximum atomic E-state index is 12.2. The average Bonchev–Trinajstić information content (AvgIpc) is 2.96. The number of aliphatic carboxylic acids is 1. The quantitative estimate of drug-likeness (QED) is 0.876. The monoisotopic (exact) mass is 283 g/mol. The molecule has 2 rings (SSSR count). The molecule has 2 N–H and O–H groups in total. The number of carboxylic acids is 1. The van der Waals surface area contributed by atoms with E-state index in [0.717, 1.165) is 18.0 Å². The predicted molar refractivity (Wildman–Crippen MR) is 70.2 cm³/mol. The van der Waals surface area contributed by atoms with Crippen LogP contribution in [0.15, 0.2) is 0 Å².